The van der Waals surface area contributed by atoms with Crippen LogP contribution in [0.4, 0.5) is 5.69 Å². The SMILES string of the molecule is Cc1c(C(N)C2CCCO2)cc2c(c1C)NC(=O)CC2. The molecular formula is C16H22N2O2. The number of aryl methyl sites for hydroxylation is 1. The van der Waals surface area contributed by atoms with E-state index in [1.54, 1.807) is 0 Å². The van der Waals surface area contributed by atoms with Gasteiger partial charge in [0, 0.05) is 18.7 Å². The first-order valence-electron chi connectivity index (χ1n) is 7.38. The van der Waals surface area contributed by atoms with Crippen LogP contribution in [0.2, 0.25) is 0 Å². The lowest BCUT2D eigenvalue weighted by Crippen LogP contribution is -2.28. The summed E-state index contributed by atoms with van der Waals surface area (Å²) in [7, 11) is 0. The minimum Gasteiger partial charge on any atom is -0.376 e. The predicted molar refractivity (Wildman–Crippen MR) is 78.8 cm³/mol. The second-order valence-corrected chi connectivity index (χ2v) is 5.88. The standard InChI is InChI=1S/C16H22N2O2/c1-9-10(2)16-11(5-6-14(19)18-16)8-12(9)15(17)13-4-3-7-20-13/h8,13,15H,3-7,17H2,1-2H3,(H,18,19). The molecule has 2 aliphatic rings. The molecule has 2 atom stereocenters. The molecule has 108 valence electrons. The molecule has 2 aliphatic heterocycles. The van der Waals surface area contributed by atoms with Gasteiger partial charge in [0.2, 0.25) is 5.91 Å². The van der Waals surface area contributed by atoms with Crippen molar-refractivity contribution in [1.29, 1.82) is 0 Å². The number of hydrogen-bond acceptors (Lipinski definition) is 3. The van der Waals surface area contributed by atoms with Crippen LogP contribution in [0.15, 0.2) is 6.07 Å². The van der Waals surface area contributed by atoms with E-state index in [0.29, 0.717) is 6.42 Å². The van der Waals surface area contributed by atoms with E-state index in [-0.39, 0.29) is 18.1 Å². The van der Waals surface area contributed by atoms with Gasteiger partial charge >= 0.3 is 0 Å². The smallest absolute Gasteiger partial charge is 0.224 e. The number of carbonyl (C=O) groups is 1. The molecule has 1 fully saturated rings. The lowest BCUT2D eigenvalue weighted by Gasteiger charge is -2.27. The molecule has 0 spiro atoms. The summed E-state index contributed by atoms with van der Waals surface area (Å²) in [5.41, 5.74) is 12.1. The first kappa shape index (κ1) is 13.6. The van der Waals surface area contributed by atoms with E-state index in [2.05, 4.69) is 25.2 Å². The van der Waals surface area contributed by atoms with Gasteiger partial charge in [-0.2, -0.15) is 0 Å². The lowest BCUT2D eigenvalue weighted by molar-refractivity contribution is -0.116. The maximum atomic E-state index is 11.6. The minimum absolute atomic E-state index is 0.0703. The average Bonchev–Trinajstić information content (AvgIpc) is 2.97. The Morgan fingerprint density at radius 1 is 1.35 bits per heavy atom. The molecule has 2 heterocycles. The van der Waals surface area contributed by atoms with Crippen LogP contribution in [0.5, 0.6) is 0 Å². The number of fused-ring (bicyclic) bond motifs is 1. The monoisotopic (exact) mass is 274 g/mol. The van der Waals surface area contributed by atoms with Crippen LogP contribution in [0.3, 0.4) is 0 Å². The summed E-state index contributed by atoms with van der Waals surface area (Å²) in [5, 5.41) is 2.99. The van der Waals surface area contributed by atoms with Gasteiger partial charge in [-0.15, -0.1) is 0 Å². The van der Waals surface area contributed by atoms with Gasteiger partial charge in [0.05, 0.1) is 12.1 Å². The fourth-order valence-electron chi connectivity index (χ4n) is 3.27. The summed E-state index contributed by atoms with van der Waals surface area (Å²) in [6, 6.07) is 2.10. The predicted octanol–water partition coefficient (Wildman–Crippen LogP) is 2.37. The number of rotatable bonds is 2. The van der Waals surface area contributed by atoms with E-state index in [9.17, 15) is 4.79 Å². The first-order valence-corrected chi connectivity index (χ1v) is 7.38. The third-order valence-corrected chi connectivity index (χ3v) is 4.63. The van der Waals surface area contributed by atoms with E-state index in [0.717, 1.165) is 37.1 Å². The molecular weight excluding hydrogens is 252 g/mol. The Labute approximate surface area is 119 Å². The summed E-state index contributed by atoms with van der Waals surface area (Å²) in [4.78, 5) is 11.6. The van der Waals surface area contributed by atoms with Gasteiger partial charge in [-0.1, -0.05) is 6.07 Å². The van der Waals surface area contributed by atoms with Gasteiger partial charge in [-0.05, 0) is 55.4 Å². The van der Waals surface area contributed by atoms with E-state index in [1.165, 1.54) is 16.7 Å². The van der Waals surface area contributed by atoms with Gasteiger partial charge in [-0.3, -0.25) is 4.79 Å². The minimum atomic E-state index is -0.0703. The quantitative estimate of drug-likeness (QED) is 0.870. The van der Waals surface area contributed by atoms with Crippen molar-refractivity contribution in [2.75, 3.05) is 11.9 Å². The van der Waals surface area contributed by atoms with Crippen molar-refractivity contribution >= 4 is 11.6 Å². The lowest BCUT2D eigenvalue weighted by atomic mass is 9.87. The summed E-state index contributed by atoms with van der Waals surface area (Å²) in [6.45, 7) is 4.96. The van der Waals surface area contributed by atoms with Crippen LogP contribution in [0.25, 0.3) is 0 Å². The van der Waals surface area contributed by atoms with Gasteiger partial charge in [0.15, 0.2) is 0 Å². The van der Waals surface area contributed by atoms with Crippen molar-refractivity contribution in [2.24, 2.45) is 5.73 Å². The Kier molecular flexibility index (Phi) is 3.52. The number of amides is 1. The van der Waals surface area contributed by atoms with Crippen molar-refractivity contribution in [3.63, 3.8) is 0 Å². The number of carbonyl (C=O) groups excluding carboxylic acids is 1. The number of nitrogens with one attached hydrogen (secondary N) is 1. The number of anilines is 1. The van der Waals surface area contributed by atoms with Crippen LogP contribution >= 0.6 is 0 Å². The summed E-state index contributed by atoms with van der Waals surface area (Å²) < 4.78 is 5.73. The topological polar surface area (TPSA) is 64.3 Å². The molecule has 0 radical (unpaired) electrons. The van der Waals surface area contributed by atoms with Crippen molar-refractivity contribution < 1.29 is 9.53 Å². The Hall–Kier alpha value is -1.39. The highest BCUT2D eigenvalue weighted by Gasteiger charge is 2.28. The van der Waals surface area contributed by atoms with E-state index >= 15 is 0 Å². The summed E-state index contributed by atoms with van der Waals surface area (Å²) in [6.07, 6.45) is 3.62. The molecule has 1 aromatic rings. The van der Waals surface area contributed by atoms with Gasteiger partial charge in [0.25, 0.3) is 0 Å². The second-order valence-electron chi connectivity index (χ2n) is 5.88. The molecule has 3 rings (SSSR count). The van der Waals surface area contributed by atoms with Crippen LogP contribution < -0.4 is 11.1 Å². The van der Waals surface area contributed by atoms with Crippen molar-refractivity contribution in [3.05, 3.63) is 28.3 Å². The van der Waals surface area contributed by atoms with Crippen LogP contribution in [0.1, 0.15) is 47.6 Å². The molecule has 20 heavy (non-hydrogen) atoms. The highest BCUT2D eigenvalue weighted by molar-refractivity contribution is 5.95. The van der Waals surface area contributed by atoms with Crippen LogP contribution in [-0.2, 0) is 16.0 Å². The number of benzene rings is 1. The Balaban J connectivity index is 1.99. The highest BCUT2D eigenvalue weighted by atomic mass is 16.5. The van der Waals surface area contributed by atoms with Crippen molar-refractivity contribution in [2.45, 2.75) is 51.7 Å². The molecule has 0 saturated carbocycles. The average molecular weight is 274 g/mol. The molecule has 1 saturated heterocycles. The van der Waals surface area contributed by atoms with Crippen LogP contribution in [-0.4, -0.2) is 18.6 Å². The molecule has 3 N–H and O–H groups in total. The maximum absolute atomic E-state index is 11.6. The molecule has 0 bridgehead atoms. The zero-order valence-electron chi connectivity index (χ0n) is 12.2. The maximum Gasteiger partial charge on any atom is 0.224 e. The van der Waals surface area contributed by atoms with Gasteiger partial charge < -0.3 is 15.8 Å². The third kappa shape index (κ3) is 2.23. The first-order chi connectivity index (χ1) is 9.58. The molecule has 4 nitrogen and oxygen atoms in total. The Morgan fingerprint density at radius 2 is 2.15 bits per heavy atom. The van der Waals surface area contributed by atoms with Gasteiger partial charge in [0.1, 0.15) is 0 Å². The fourth-order valence-corrected chi connectivity index (χ4v) is 3.27. The molecule has 1 aromatic carbocycles. The molecule has 1 amide bonds. The largest absolute Gasteiger partial charge is 0.376 e. The third-order valence-electron chi connectivity index (χ3n) is 4.63. The zero-order valence-corrected chi connectivity index (χ0v) is 12.2. The number of nitrogens with two attached hydrogens (primary N) is 1. The van der Waals surface area contributed by atoms with Crippen molar-refractivity contribution in [1.82, 2.24) is 0 Å². The number of ether oxygens (including phenoxy) is 1. The van der Waals surface area contributed by atoms with E-state index in [1.807, 2.05) is 0 Å². The molecule has 0 aromatic heterocycles. The molecule has 4 heteroatoms. The molecule has 2 unspecified atom stereocenters. The zero-order chi connectivity index (χ0) is 14.3. The Morgan fingerprint density at radius 3 is 2.85 bits per heavy atom. The van der Waals surface area contributed by atoms with E-state index in [4.69, 9.17) is 10.5 Å². The highest BCUT2D eigenvalue weighted by Crippen LogP contribution is 2.35. The summed E-state index contributed by atoms with van der Waals surface area (Å²) >= 11 is 0. The summed E-state index contributed by atoms with van der Waals surface area (Å²) in [5.74, 6) is 0.108. The number of hydrogen-bond donors (Lipinski definition) is 2. The fraction of sp³-hybridized carbons (Fsp3) is 0.562. The normalized spacial score (nSPS) is 23.4. The van der Waals surface area contributed by atoms with Gasteiger partial charge in [-0.25, -0.2) is 0 Å². The van der Waals surface area contributed by atoms with Crippen LogP contribution in [0, 0.1) is 13.8 Å². The molecule has 0 aliphatic carbocycles. The second kappa shape index (κ2) is 5.19. The van der Waals surface area contributed by atoms with Crippen molar-refractivity contribution in [3.8, 4) is 0 Å². The Bertz CT molecular complexity index is 548. The van der Waals surface area contributed by atoms with E-state index < -0.39 is 0 Å².